The summed E-state index contributed by atoms with van der Waals surface area (Å²) in [7, 11) is 3.26. The lowest BCUT2D eigenvalue weighted by atomic mass is 9.90. The molecule has 3 heteroatoms. The molecule has 0 radical (unpaired) electrons. The Kier molecular flexibility index (Phi) is 3.59. The first kappa shape index (κ1) is 11.6. The maximum Gasteiger partial charge on any atom is 0.289 e. The summed E-state index contributed by atoms with van der Waals surface area (Å²) in [5.41, 5.74) is 1.20. The van der Waals surface area contributed by atoms with Gasteiger partial charge in [0.2, 0.25) is 0 Å². The maximum atomic E-state index is 5.69. The van der Waals surface area contributed by atoms with E-state index in [0.29, 0.717) is 6.61 Å². The largest absolute Gasteiger partial charge is 0.330 e. The summed E-state index contributed by atoms with van der Waals surface area (Å²) in [5.74, 6) is -0.781. The van der Waals surface area contributed by atoms with E-state index in [0.717, 1.165) is 12.8 Å². The fraction of sp³-hybridized carbons (Fsp3) is 0.538. The van der Waals surface area contributed by atoms with Gasteiger partial charge >= 0.3 is 0 Å². The number of ether oxygens (including phenoxy) is 3. The third-order valence-electron chi connectivity index (χ3n) is 3.14. The standard InChI is InChI=1S/C13H18O3/c1-14-13(15-2)12(9-6-10-16-13)11-7-4-3-5-8-11/h3-5,7-8,12H,6,9-10H2,1-2H3. The molecule has 1 aromatic carbocycles. The molecule has 1 atom stereocenters. The van der Waals surface area contributed by atoms with Crippen LogP contribution in [0.4, 0.5) is 0 Å². The lowest BCUT2D eigenvalue weighted by Gasteiger charge is -2.40. The van der Waals surface area contributed by atoms with Crippen LogP contribution in [0.3, 0.4) is 0 Å². The van der Waals surface area contributed by atoms with Gasteiger partial charge in [0, 0.05) is 14.2 Å². The summed E-state index contributed by atoms with van der Waals surface area (Å²) in [6.45, 7) is 0.686. The fourth-order valence-electron chi connectivity index (χ4n) is 2.32. The van der Waals surface area contributed by atoms with Crippen LogP contribution in [0.15, 0.2) is 30.3 Å². The molecule has 1 saturated heterocycles. The predicted octanol–water partition coefficient (Wildman–Crippen LogP) is 2.53. The van der Waals surface area contributed by atoms with E-state index in [1.807, 2.05) is 18.2 Å². The van der Waals surface area contributed by atoms with Gasteiger partial charge in [-0.3, -0.25) is 0 Å². The fourth-order valence-corrected chi connectivity index (χ4v) is 2.32. The zero-order valence-electron chi connectivity index (χ0n) is 9.81. The van der Waals surface area contributed by atoms with Gasteiger partial charge in [0.15, 0.2) is 0 Å². The second-order valence-electron chi connectivity index (χ2n) is 3.97. The van der Waals surface area contributed by atoms with Crippen molar-refractivity contribution >= 4 is 0 Å². The number of hydrogen-bond acceptors (Lipinski definition) is 3. The molecule has 3 nitrogen and oxygen atoms in total. The van der Waals surface area contributed by atoms with Crippen molar-refractivity contribution in [3.63, 3.8) is 0 Å². The maximum absolute atomic E-state index is 5.69. The Labute approximate surface area is 96.3 Å². The molecule has 1 aliphatic rings. The first-order valence-corrected chi connectivity index (χ1v) is 5.61. The van der Waals surface area contributed by atoms with Crippen LogP contribution in [0.1, 0.15) is 24.3 Å². The minimum Gasteiger partial charge on any atom is -0.330 e. The Morgan fingerprint density at radius 3 is 2.50 bits per heavy atom. The molecule has 0 aliphatic carbocycles. The molecule has 0 saturated carbocycles. The van der Waals surface area contributed by atoms with Crippen molar-refractivity contribution in [1.82, 2.24) is 0 Å². The molecule has 1 fully saturated rings. The van der Waals surface area contributed by atoms with Crippen molar-refractivity contribution in [2.45, 2.75) is 24.7 Å². The molecule has 1 heterocycles. The van der Waals surface area contributed by atoms with Gasteiger partial charge in [0.1, 0.15) is 0 Å². The highest BCUT2D eigenvalue weighted by molar-refractivity contribution is 5.21. The van der Waals surface area contributed by atoms with Crippen LogP contribution in [0.5, 0.6) is 0 Å². The third-order valence-corrected chi connectivity index (χ3v) is 3.14. The van der Waals surface area contributed by atoms with E-state index >= 15 is 0 Å². The molecule has 0 bridgehead atoms. The Hall–Kier alpha value is -0.900. The van der Waals surface area contributed by atoms with Gasteiger partial charge in [0.05, 0.1) is 12.5 Å². The highest BCUT2D eigenvalue weighted by Crippen LogP contribution is 2.39. The monoisotopic (exact) mass is 222 g/mol. The Morgan fingerprint density at radius 1 is 1.19 bits per heavy atom. The van der Waals surface area contributed by atoms with Crippen molar-refractivity contribution in [2.75, 3.05) is 20.8 Å². The van der Waals surface area contributed by atoms with Gasteiger partial charge in [0.25, 0.3) is 5.97 Å². The molecule has 1 aromatic rings. The van der Waals surface area contributed by atoms with E-state index in [4.69, 9.17) is 14.2 Å². The van der Waals surface area contributed by atoms with E-state index in [1.54, 1.807) is 14.2 Å². The lowest BCUT2D eigenvalue weighted by Crippen LogP contribution is -2.46. The van der Waals surface area contributed by atoms with Crippen LogP contribution in [-0.2, 0) is 14.2 Å². The number of benzene rings is 1. The molecule has 88 valence electrons. The molecule has 1 unspecified atom stereocenters. The van der Waals surface area contributed by atoms with Crippen LogP contribution < -0.4 is 0 Å². The summed E-state index contributed by atoms with van der Waals surface area (Å²) < 4.78 is 16.6. The van der Waals surface area contributed by atoms with Crippen molar-refractivity contribution in [2.24, 2.45) is 0 Å². The van der Waals surface area contributed by atoms with E-state index in [1.165, 1.54) is 5.56 Å². The van der Waals surface area contributed by atoms with E-state index in [9.17, 15) is 0 Å². The van der Waals surface area contributed by atoms with Crippen molar-refractivity contribution in [3.05, 3.63) is 35.9 Å². The summed E-state index contributed by atoms with van der Waals surface area (Å²) in [4.78, 5) is 0. The van der Waals surface area contributed by atoms with Crippen molar-refractivity contribution < 1.29 is 14.2 Å². The SMILES string of the molecule is COC1(OC)OCCCC1c1ccccc1. The molecule has 0 aromatic heterocycles. The second-order valence-corrected chi connectivity index (χ2v) is 3.97. The van der Waals surface area contributed by atoms with Gasteiger partial charge < -0.3 is 14.2 Å². The van der Waals surface area contributed by atoms with Crippen molar-refractivity contribution in [3.8, 4) is 0 Å². The zero-order chi connectivity index (χ0) is 11.4. The predicted molar refractivity (Wildman–Crippen MR) is 61.1 cm³/mol. The zero-order valence-corrected chi connectivity index (χ0v) is 9.81. The van der Waals surface area contributed by atoms with Gasteiger partial charge in [-0.05, 0) is 18.4 Å². The number of hydrogen-bond donors (Lipinski definition) is 0. The third kappa shape index (κ3) is 1.98. The van der Waals surface area contributed by atoms with Gasteiger partial charge in [-0.1, -0.05) is 30.3 Å². The summed E-state index contributed by atoms with van der Waals surface area (Å²) in [6, 6.07) is 10.2. The smallest absolute Gasteiger partial charge is 0.289 e. The molecule has 0 amide bonds. The van der Waals surface area contributed by atoms with Crippen molar-refractivity contribution in [1.29, 1.82) is 0 Å². The number of methoxy groups -OCH3 is 2. The quantitative estimate of drug-likeness (QED) is 0.735. The first-order valence-electron chi connectivity index (χ1n) is 5.61. The summed E-state index contributed by atoms with van der Waals surface area (Å²) in [5, 5.41) is 0. The normalized spacial score (nSPS) is 24.2. The van der Waals surface area contributed by atoms with Crippen LogP contribution in [0.25, 0.3) is 0 Å². The van der Waals surface area contributed by atoms with Crippen LogP contribution in [0.2, 0.25) is 0 Å². The van der Waals surface area contributed by atoms with E-state index in [2.05, 4.69) is 12.1 Å². The molecule has 0 spiro atoms. The first-order chi connectivity index (χ1) is 7.82. The molecule has 16 heavy (non-hydrogen) atoms. The number of rotatable bonds is 3. The van der Waals surface area contributed by atoms with Gasteiger partial charge in [-0.25, -0.2) is 0 Å². The van der Waals surface area contributed by atoms with E-state index in [-0.39, 0.29) is 5.92 Å². The molecule has 0 N–H and O–H groups in total. The second kappa shape index (κ2) is 4.95. The van der Waals surface area contributed by atoms with Crippen LogP contribution >= 0.6 is 0 Å². The molecular formula is C13H18O3. The topological polar surface area (TPSA) is 27.7 Å². The lowest BCUT2D eigenvalue weighted by molar-refractivity contribution is -0.385. The average Bonchev–Trinajstić information content (AvgIpc) is 2.39. The molecular weight excluding hydrogens is 204 g/mol. The summed E-state index contributed by atoms with van der Waals surface area (Å²) >= 11 is 0. The van der Waals surface area contributed by atoms with Crippen LogP contribution in [-0.4, -0.2) is 26.8 Å². The average molecular weight is 222 g/mol. The van der Waals surface area contributed by atoms with Crippen LogP contribution in [0, 0.1) is 0 Å². The Balaban J connectivity index is 2.29. The highest BCUT2D eigenvalue weighted by atomic mass is 16.9. The highest BCUT2D eigenvalue weighted by Gasteiger charge is 2.44. The summed E-state index contributed by atoms with van der Waals surface area (Å²) in [6.07, 6.45) is 2.06. The van der Waals surface area contributed by atoms with E-state index < -0.39 is 5.97 Å². The minimum atomic E-state index is -0.917. The minimum absolute atomic E-state index is 0.137. The Morgan fingerprint density at radius 2 is 1.88 bits per heavy atom. The molecule has 2 rings (SSSR count). The Bertz CT molecular complexity index is 319. The van der Waals surface area contributed by atoms with Gasteiger partial charge in [-0.15, -0.1) is 0 Å². The molecule has 1 aliphatic heterocycles. The van der Waals surface area contributed by atoms with Gasteiger partial charge in [-0.2, -0.15) is 0 Å².